The van der Waals surface area contributed by atoms with Crippen LogP contribution in [0.3, 0.4) is 0 Å². The van der Waals surface area contributed by atoms with Crippen molar-refractivity contribution < 1.29 is 33.3 Å². The summed E-state index contributed by atoms with van der Waals surface area (Å²) in [6, 6.07) is 11.3. The lowest BCUT2D eigenvalue weighted by Crippen LogP contribution is -2.36. The van der Waals surface area contributed by atoms with Gasteiger partial charge in [0.15, 0.2) is 28.8 Å². The minimum atomic E-state index is -0.665. The number of dihydropyridines is 1. The van der Waals surface area contributed by atoms with Gasteiger partial charge in [0.25, 0.3) is 0 Å². The largest absolute Gasteiger partial charge is 0.493 e. The van der Waals surface area contributed by atoms with Crippen LogP contribution in [0.2, 0.25) is 0 Å². The molecule has 0 saturated carbocycles. The van der Waals surface area contributed by atoms with E-state index >= 15 is 0 Å². The van der Waals surface area contributed by atoms with Crippen LogP contribution >= 0.6 is 0 Å². The Labute approximate surface area is 229 Å². The standard InChI is InChI=1S/C31H37NO7/c1-8-17(2)39-31(34)27-18(3)32-22-14-20(19-12-13-24(35-4)26(16-19)37-6)15-23(33)29(22)28(27)21-10-9-11-25(36-5)30(21)38-7/h9-13,16-17,20,28,32H,8,14-15H2,1-7H3/t17-,20+,28+/m0/s1. The van der Waals surface area contributed by atoms with Crippen LogP contribution in [0, 0.1) is 0 Å². The van der Waals surface area contributed by atoms with Crippen molar-refractivity contribution in [2.24, 2.45) is 0 Å². The van der Waals surface area contributed by atoms with E-state index in [0.717, 1.165) is 11.3 Å². The molecular formula is C31H37NO7. The van der Waals surface area contributed by atoms with E-state index in [2.05, 4.69) is 5.32 Å². The fourth-order valence-corrected chi connectivity index (χ4v) is 5.43. The molecule has 3 atom stereocenters. The Morgan fingerprint density at radius 3 is 2.33 bits per heavy atom. The van der Waals surface area contributed by atoms with Crippen LogP contribution < -0.4 is 24.3 Å². The van der Waals surface area contributed by atoms with Crippen molar-refractivity contribution in [3.8, 4) is 23.0 Å². The predicted octanol–water partition coefficient (Wildman–Crippen LogP) is 5.42. The van der Waals surface area contributed by atoms with Gasteiger partial charge in [-0.2, -0.15) is 0 Å². The summed E-state index contributed by atoms with van der Waals surface area (Å²) < 4.78 is 28.0. The van der Waals surface area contributed by atoms with Crippen LogP contribution in [0.5, 0.6) is 23.0 Å². The molecule has 8 nitrogen and oxygen atoms in total. The minimum absolute atomic E-state index is 0.0419. The number of carbonyl (C=O) groups excluding carboxylic acids is 2. The summed E-state index contributed by atoms with van der Waals surface area (Å²) >= 11 is 0. The molecule has 1 N–H and O–H groups in total. The number of benzene rings is 2. The number of hydrogen-bond acceptors (Lipinski definition) is 8. The number of hydrogen-bond donors (Lipinski definition) is 1. The summed E-state index contributed by atoms with van der Waals surface area (Å²) in [6.45, 7) is 5.66. The van der Waals surface area contributed by atoms with Crippen molar-refractivity contribution in [1.29, 1.82) is 0 Å². The molecule has 0 aromatic heterocycles. The second-order valence-electron chi connectivity index (χ2n) is 9.84. The number of rotatable bonds is 9. The highest BCUT2D eigenvalue weighted by atomic mass is 16.5. The second kappa shape index (κ2) is 11.8. The number of ether oxygens (including phenoxy) is 5. The molecule has 0 unspecified atom stereocenters. The van der Waals surface area contributed by atoms with Crippen molar-refractivity contribution in [2.45, 2.75) is 58.0 Å². The van der Waals surface area contributed by atoms with Gasteiger partial charge in [0, 0.05) is 29.0 Å². The summed E-state index contributed by atoms with van der Waals surface area (Å²) in [5.41, 5.74) is 4.06. The maximum atomic E-state index is 14.0. The monoisotopic (exact) mass is 535 g/mol. The molecule has 0 spiro atoms. The maximum Gasteiger partial charge on any atom is 0.337 e. The lowest BCUT2D eigenvalue weighted by atomic mass is 9.71. The number of methoxy groups -OCH3 is 4. The van der Waals surface area contributed by atoms with Gasteiger partial charge in [-0.25, -0.2) is 4.79 Å². The summed E-state index contributed by atoms with van der Waals surface area (Å²) in [6.07, 6.45) is 1.28. The fourth-order valence-electron chi connectivity index (χ4n) is 5.43. The van der Waals surface area contributed by atoms with Crippen LogP contribution in [0.15, 0.2) is 58.9 Å². The van der Waals surface area contributed by atoms with Gasteiger partial charge < -0.3 is 29.0 Å². The van der Waals surface area contributed by atoms with Gasteiger partial charge in [0.05, 0.1) is 46.0 Å². The molecule has 39 heavy (non-hydrogen) atoms. The van der Waals surface area contributed by atoms with Gasteiger partial charge in [0.2, 0.25) is 0 Å². The quantitative estimate of drug-likeness (QED) is 0.426. The van der Waals surface area contributed by atoms with Crippen LogP contribution in [-0.4, -0.2) is 46.3 Å². The van der Waals surface area contributed by atoms with Gasteiger partial charge in [-0.05, 0) is 56.4 Å². The van der Waals surface area contributed by atoms with Crippen LogP contribution in [0.4, 0.5) is 0 Å². The molecule has 2 aliphatic rings. The minimum Gasteiger partial charge on any atom is -0.493 e. The van der Waals surface area contributed by atoms with E-state index in [9.17, 15) is 9.59 Å². The first-order valence-corrected chi connectivity index (χ1v) is 13.2. The number of Topliss-reactive ketones (excluding diaryl/α,β-unsaturated/α-hetero) is 1. The van der Waals surface area contributed by atoms with Gasteiger partial charge in [-0.3, -0.25) is 4.79 Å². The third-order valence-corrected chi connectivity index (χ3v) is 7.55. The molecule has 4 rings (SSSR count). The number of nitrogens with one attached hydrogen (secondary N) is 1. The van der Waals surface area contributed by atoms with E-state index < -0.39 is 11.9 Å². The zero-order valence-corrected chi connectivity index (χ0v) is 23.7. The smallest absolute Gasteiger partial charge is 0.337 e. The van der Waals surface area contributed by atoms with Crippen LogP contribution in [-0.2, 0) is 14.3 Å². The Kier molecular flexibility index (Phi) is 8.53. The SMILES string of the molecule is CC[C@H](C)OC(=O)C1=C(C)NC2=C(C(=O)C[C@H](c3ccc(OC)c(OC)c3)C2)[C@@H]1c1cccc(OC)c1OC. The first-order valence-electron chi connectivity index (χ1n) is 13.2. The highest BCUT2D eigenvalue weighted by molar-refractivity contribution is 6.04. The first-order chi connectivity index (χ1) is 18.8. The lowest BCUT2D eigenvalue weighted by Gasteiger charge is -2.37. The summed E-state index contributed by atoms with van der Waals surface area (Å²) in [4.78, 5) is 27.5. The van der Waals surface area contributed by atoms with Crippen molar-refractivity contribution in [1.82, 2.24) is 5.32 Å². The summed E-state index contributed by atoms with van der Waals surface area (Å²) in [5.74, 6) is 1.02. The Balaban J connectivity index is 1.84. The van der Waals surface area contributed by atoms with Crippen molar-refractivity contribution in [3.63, 3.8) is 0 Å². The summed E-state index contributed by atoms with van der Waals surface area (Å²) in [7, 11) is 6.31. The molecule has 1 aliphatic carbocycles. The van der Waals surface area contributed by atoms with Gasteiger partial charge in [0.1, 0.15) is 0 Å². The maximum absolute atomic E-state index is 14.0. The Bertz CT molecular complexity index is 1330. The van der Waals surface area contributed by atoms with Gasteiger partial charge >= 0.3 is 5.97 Å². The molecule has 0 radical (unpaired) electrons. The topological polar surface area (TPSA) is 92.3 Å². The predicted molar refractivity (Wildman–Crippen MR) is 148 cm³/mol. The average molecular weight is 536 g/mol. The molecular weight excluding hydrogens is 498 g/mol. The van der Waals surface area contributed by atoms with Crippen molar-refractivity contribution in [2.75, 3.05) is 28.4 Å². The van der Waals surface area contributed by atoms with E-state index in [4.69, 9.17) is 23.7 Å². The molecule has 208 valence electrons. The Morgan fingerprint density at radius 1 is 0.974 bits per heavy atom. The van der Waals surface area contributed by atoms with Crippen molar-refractivity contribution >= 4 is 11.8 Å². The van der Waals surface area contributed by atoms with E-state index in [0.29, 0.717) is 58.2 Å². The molecule has 1 heterocycles. The second-order valence-corrected chi connectivity index (χ2v) is 9.84. The highest BCUT2D eigenvalue weighted by Gasteiger charge is 2.43. The van der Waals surface area contributed by atoms with E-state index in [1.807, 2.05) is 51.1 Å². The highest BCUT2D eigenvalue weighted by Crippen LogP contribution is 2.49. The lowest BCUT2D eigenvalue weighted by molar-refractivity contribution is -0.144. The molecule has 1 aliphatic heterocycles. The number of esters is 1. The zero-order chi connectivity index (χ0) is 28.3. The molecule has 0 bridgehead atoms. The Hall–Kier alpha value is -3.94. The first kappa shape index (κ1) is 28.1. The number of ketones is 1. The molecule has 2 aromatic carbocycles. The van der Waals surface area contributed by atoms with Crippen molar-refractivity contribution in [3.05, 3.63) is 70.1 Å². The van der Waals surface area contributed by atoms with Gasteiger partial charge in [-0.15, -0.1) is 0 Å². The van der Waals surface area contributed by atoms with Crippen LogP contribution in [0.1, 0.15) is 63.0 Å². The number of carbonyl (C=O) groups is 2. The van der Waals surface area contributed by atoms with Crippen LogP contribution in [0.25, 0.3) is 0 Å². The number of allylic oxidation sites excluding steroid dienone is 3. The molecule has 0 amide bonds. The zero-order valence-electron chi connectivity index (χ0n) is 23.7. The molecule has 8 heteroatoms. The molecule has 0 saturated heterocycles. The van der Waals surface area contributed by atoms with Gasteiger partial charge in [-0.1, -0.05) is 25.1 Å². The third-order valence-electron chi connectivity index (χ3n) is 7.55. The van der Waals surface area contributed by atoms with E-state index in [-0.39, 0.29) is 24.2 Å². The number of para-hydroxylation sites is 1. The average Bonchev–Trinajstić information content (AvgIpc) is 2.94. The van der Waals surface area contributed by atoms with E-state index in [1.54, 1.807) is 34.5 Å². The van der Waals surface area contributed by atoms with E-state index in [1.165, 1.54) is 0 Å². The molecule has 2 aromatic rings. The Morgan fingerprint density at radius 2 is 1.69 bits per heavy atom. The third kappa shape index (κ3) is 5.33. The normalized spacial score (nSPS) is 19.6. The molecule has 0 fully saturated rings. The summed E-state index contributed by atoms with van der Waals surface area (Å²) in [5, 5.41) is 3.40. The fraction of sp³-hybridized carbons (Fsp3) is 0.419.